The second kappa shape index (κ2) is 10.3. The lowest BCUT2D eigenvalue weighted by Gasteiger charge is -2.38. The van der Waals surface area contributed by atoms with E-state index in [4.69, 9.17) is 4.74 Å². The van der Waals surface area contributed by atoms with Gasteiger partial charge in [-0.3, -0.25) is 4.90 Å². The molecule has 128 valence electrons. The number of benzene rings is 1. The normalized spacial score (nSPS) is 17.8. The van der Waals surface area contributed by atoms with Crippen LogP contribution >= 0.6 is 24.8 Å². The van der Waals surface area contributed by atoms with Gasteiger partial charge in [0.2, 0.25) is 0 Å². The van der Waals surface area contributed by atoms with Gasteiger partial charge in [-0.15, -0.1) is 24.8 Å². The van der Waals surface area contributed by atoms with Crippen molar-refractivity contribution in [3.05, 3.63) is 29.6 Å². The molecule has 1 unspecified atom stereocenters. The lowest BCUT2D eigenvalue weighted by atomic mass is 9.90. The third-order valence-electron chi connectivity index (χ3n) is 4.25. The first-order valence-corrected chi connectivity index (χ1v) is 7.45. The summed E-state index contributed by atoms with van der Waals surface area (Å²) in [6.07, 6.45) is 1.09. The van der Waals surface area contributed by atoms with E-state index < -0.39 is 0 Å². The Labute approximate surface area is 145 Å². The topological polar surface area (TPSA) is 24.5 Å². The molecule has 2 rings (SSSR count). The third-order valence-corrected chi connectivity index (χ3v) is 4.25. The van der Waals surface area contributed by atoms with Crippen molar-refractivity contribution in [3.8, 4) is 5.75 Å². The summed E-state index contributed by atoms with van der Waals surface area (Å²) in [5, 5.41) is 3.37. The Bertz CT molecular complexity index is 442. The van der Waals surface area contributed by atoms with Crippen LogP contribution in [-0.4, -0.2) is 38.2 Å². The molecule has 0 amide bonds. The summed E-state index contributed by atoms with van der Waals surface area (Å²) in [6.45, 7) is 8.48. The third kappa shape index (κ3) is 4.98. The van der Waals surface area contributed by atoms with Gasteiger partial charge in [0.1, 0.15) is 0 Å². The molecule has 1 aromatic carbocycles. The standard InChI is InChI=1S/C16H25FN2O.2ClH/c1-4-12(2)16(19-9-7-18-8-10-19)13-5-6-15(20-3)14(17)11-13;;/h5-6,11-12,16,18H,4,7-10H2,1-3H3;2*1H/t12?,16-;;/m1../s1. The van der Waals surface area contributed by atoms with E-state index in [0.29, 0.717) is 11.7 Å². The van der Waals surface area contributed by atoms with Gasteiger partial charge < -0.3 is 10.1 Å². The molecule has 6 heteroatoms. The maximum Gasteiger partial charge on any atom is 0.165 e. The largest absolute Gasteiger partial charge is 0.494 e. The van der Waals surface area contributed by atoms with Gasteiger partial charge in [-0.05, 0) is 23.6 Å². The van der Waals surface area contributed by atoms with Crippen LogP contribution < -0.4 is 10.1 Å². The van der Waals surface area contributed by atoms with E-state index in [9.17, 15) is 4.39 Å². The van der Waals surface area contributed by atoms with Gasteiger partial charge >= 0.3 is 0 Å². The van der Waals surface area contributed by atoms with Crippen molar-refractivity contribution in [2.45, 2.75) is 26.3 Å². The van der Waals surface area contributed by atoms with Crippen LogP contribution in [0.1, 0.15) is 31.9 Å². The number of ether oxygens (including phenoxy) is 1. The molecule has 2 atom stereocenters. The summed E-state index contributed by atoms with van der Waals surface area (Å²) in [6, 6.07) is 5.66. The van der Waals surface area contributed by atoms with Crippen LogP contribution in [0.4, 0.5) is 4.39 Å². The minimum atomic E-state index is -0.270. The average Bonchev–Trinajstić information content (AvgIpc) is 2.48. The maximum absolute atomic E-state index is 14.0. The fraction of sp³-hybridized carbons (Fsp3) is 0.625. The van der Waals surface area contributed by atoms with E-state index >= 15 is 0 Å². The number of halogens is 3. The van der Waals surface area contributed by atoms with Gasteiger partial charge in [-0.2, -0.15) is 0 Å². The number of rotatable bonds is 5. The van der Waals surface area contributed by atoms with E-state index in [0.717, 1.165) is 38.2 Å². The Morgan fingerprint density at radius 1 is 1.27 bits per heavy atom. The van der Waals surface area contributed by atoms with Crippen molar-refractivity contribution in [3.63, 3.8) is 0 Å². The molecule has 0 aliphatic carbocycles. The lowest BCUT2D eigenvalue weighted by molar-refractivity contribution is 0.128. The first kappa shape index (κ1) is 21.4. The molecule has 0 spiro atoms. The Balaban J connectivity index is 0.00000220. The summed E-state index contributed by atoms with van der Waals surface area (Å²) < 4.78 is 19.0. The van der Waals surface area contributed by atoms with Gasteiger partial charge in [0.05, 0.1) is 7.11 Å². The van der Waals surface area contributed by atoms with Crippen LogP contribution in [0.2, 0.25) is 0 Å². The summed E-state index contributed by atoms with van der Waals surface area (Å²) >= 11 is 0. The molecular formula is C16H27Cl2FN2O. The molecule has 1 heterocycles. The van der Waals surface area contributed by atoms with E-state index in [1.165, 1.54) is 7.11 Å². The van der Waals surface area contributed by atoms with Crippen LogP contribution in [0.25, 0.3) is 0 Å². The zero-order valence-corrected chi connectivity index (χ0v) is 15.1. The highest BCUT2D eigenvalue weighted by atomic mass is 35.5. The van der Waals surface area contributed by atoms with Gasteiger partial charge in [0, 0.05) is 32.2 Å². The first-order valence-electron chi connectivity index (χ1n) is 7.45. The van der Waals surface area contributed by atoms with Crippen molar-refractivity contribution < 1.29 is 9.13 Å². The molecule has 1 aliphatic heterocycles. The van der Waals surface area contributed by atoms with Crippen molar-refractivity contribution in [1.82, 2.24) is 10.2 Å². The minimum absolute atomic E-state index is 0. The van der Waals surface area contributed by atoms with Crippen molar-refractivity contribution in [2.75, 3.05) is 33.3 Å². The summed E-state index contributed by atoms with van der Waals surface area (Å²) in [7, 11) is 1.50. The fourth-order valence-corrected chi connectivity index (χ4v) is 2.95. The van der Waals surface area contributed by atoms with Crippen molar-refractivity contribution in [2.24, 2.45) is 5.92 Å². The molecule has 0 aromatic heterocycles. The van der Waals surface area contributed by atoms with E-state index in [1.54, 1.807) is 12.1 Å². The molecular weight excluding hydrogens is 326 g/mol. The fourth-order valence-electron chi connectivity index (χ4n) is 2.95. The number of nitrogens with zero attached hydrogens (tertiary/aromatic N) is 1. The van der Waals surface area contributed by atoms with Crippen LogP contribution in [0.5, 0.6) is 5.75 Å². The molecule has 1 aliphatic rings. The SMILES string of the molecule is CCC(C)[C@H](c1ccc(OC)c(F)c1)N1CCNCC1.Cl.Cl. The Morgan fingerprint density at radius 3 is 2.41 bits per heavy atom. The summed E-state index contributed by atoms with van der Waals surface area (Å²) in [5.41, 5.74) is 1.06. The number of methoxy groups -OCH3 is 1. The molecule has 1 aromatic rings. The smallest absolute Gasteiger partial charge is 0.165 e. The number of piperazine rings is 1. The molecule has 1 N–H and O–H groups in total. The molecule has 0 saturated carbocycles. The highest BCUT2D eigenvalue weighted by Crippen LogP contribution is 2.33. The second-order valence-corrected chi connectivity index (χ2v) is 5.51. The van der Waals surface area contributed by atoms with E-state index in [1.807, 2.05) is 6.07 Å². The molecule has 0 bridgehead atoms. The predicted octanol–water partition coefficient (Wildman–Crippen LogP) is 3.67. The number of nitrogens with one attached hydrogen (secondary N) is 1. The van der Waals surface area contributed by atoms with Gasteiger partial charge in [-0.1, -0.05) is 26.3 Å². The second-order valence-electron chi connectivity index (χ2n) is 5.51. The highest BCUT2D eigenvalue weighted by Gasteiger charge is 2.27. The summed E-state index contributed by atoms with van der Waals surface area (Å²) in [5.74, 6) is 0.547. The monoisotopic (exact) mass is 352 g/mol. The van der Waals surface area contributed by atoms with Gasteiger partial charge in [0.25, 0.3) is 0 Å². The van der Waals surface area contributed by atoms with Crippen molar-refractivity contribution in [1.29, 1.82) is 0 Å². The molecule has 22 heavy (non-hydrogen) atoms. The first-order chi connectivity index (χ1) is 9.67. The Kier molecular flexibility index (Phi) is 10.0. The molecule has 3 nitrogen and oxygen atoms in total. The quantitative estimate of drug-likeness (QED) is 0.874. The van der Waals surface area contributed by atoms with Gasteiger partial charge in [-0.25, -0.2) is 4.39 Å². The molecule has 1 saturated heterocycles. The van der Waals surface area contributed by atoms with Crippen LogP contribution in [0.3, 0.4) is 0 Å². The number of hydrogen-bond donors (Lipinski definition) is 1. The molecule has 0 radical (unpaired) electrons. The summed E-state index contributed by atoms with van der Waals surface area (Å²) in [4.78, 5) is 2.46. The van der Waals surface area contributed by atoms with E-state index in [-0.39, 0.29) is 36.7 Å². The minimum Gasteiger partial charge on any atom is -0.494 e. The lowest BCUT2D eigenvalue weighted by Crippen LogP contribution is -2.46. The number of hydrogen-bond acceptors (Lipinski definition) is 3. The van der Waals surface area contributed by atoms with E-state index in [2.05, 4.69) is 24.1 Å². The van der Waals surface area contributed by atoms with Crippen molar-refractivity contribution >= 4 is 24.8 Å². The maximum atomic E-state index is 14.0. The zero-order chi connectivity index (χ0) is 14.5. The van der Waals surface area contributed by atoms with Gasteiger partial charge in [0.15, 0.2) is 11.6 Å². The van der Waals surface area contributed by atoms with Crippen LogP contribution in [0.15, 0.2) is 18.2 Å². The van der Waals surface area contributed by atoms with Crippen LogP contribution in [-0.2, 0) is 0 Å². The Hall–Kier alpha value is -0.550. The zero-order valence-electron chi connectivity index (χ0n) is 13.5. The molecule has 1 fully saturated rings. The predicted molar refractivity (Wildman–Crippen MR) is 94.1 cm³/mol. The highest BCUT2D eigenvalue weighted by molar-refractivity contribution is 5.85. The van der Waals surface area contributed by atoms with Crippen LogP contribution in [0, 0.1) is 11.7 Å². The average molecular weight is 353 g/mol. The Morgan fingerprint density at radius 2 is 1.91 bits per heavy atom.